The summed E-state index contributed by atoms with van der Waals surface area (Å²) in [5.41, 5.74) is 9.22. The highest BCUT2D eigenvalue weighted by atomic mass is 16.5. The van der Waals surface area contributed by atoms with Crippen molar-refractivity contribution in [3.8, 4) is 0 Å². The van der Waals surface area contributed by atoms with Crippen molar-refractivity contribution in [2.24, 2.45) is 0 Å². The Morgan fingerprint density at radius 3 is 2.75 bits per heavy atom. The summed E-state index contributed by atoms with van der Waals surface area (Å²) in [6, 6.07) is 6.78. The molecular formula is C13H20N2O. The van der Waals surface area contributed by atoms with E-state index in [0.29, 0.717) is 6.04 Å². The molecule has 0 spiro atoms. The van der Waals surface area contributed by atoms with E-state index < -0.39 is 0 Å². The lowest BCUT2D eigenvalue weighted by Gasteiger charge is -2.25. The summed E-state index contributed by atoms with van der Waals surface area (Å²) in [6.45, 7) is 3.84. The Kier molecular flexibility index (Phi) is 3.67. The molecule has 0 aliphatic carbocycles. The fourth-order valence-electron chi connectivity index (χ4n) is 2.03. The molecule has 0 atom stereocenters. The van der Waals surface area contributed by atoms with Gasteiger partial charge < -0.3 is 15.8 Å². The number of hydrogen-bond donors (Lipinski definition) is 2. The first kappa shape index (κ1) is 11.3. The molecule has 1 heterocycles. The number of nitrogen functional groups attached to an aromatic ring is 1. The van der Waals surface area contributed by atoms with Crippen molar-refractivity contribution in [2.75, 3.05) is 24.3 Å². The van der Waals surface area contributed by atoms with E-state index in [1.807, 2.05) is 0 Å². The third-order valence-corrected chi connectivity index (χ3v) is 3.11. The number of ether oxygens (including phenoxy) is 1. The van der Waals surface area contributed by atoms with Gasteiger partial charge in [-0.3, -0.25) is 0 Å². The van der Waals surface area contributed by atoms with Crippen molar-refractivity contribution in [3.05, 3.63) is 23.8 Å². The lowest BCUT2D eigenvalue weighted by molar-refractivity contribution is 0.0904. The van der Waals surface area contributed by atoms with Crippen LogP contribution in [0.2, 0.25) is 0 Å². The Morgan fingerprint density at radius 1 is 1.38 bits per heavy atom. The van der Waals surface area contributed by atoms with Crippen molar-refractivity contribution in [3.63, 3.8) is 0 Å². The van der Waals surface area contributed by atoms with Gasteiger partial charge in [0.05, 0.1) is 11.4 Å². The van der Waals surface area contributed by atoms with Gasteiger partial charge in [-0.2, -0.15) is 0 Å². The molecule has 0 bridgehead atoms. The molecule has 1 aliphatic rings. The number of benzene rings is 1. The summed E-state index contributed by atoms with van der Waals surface area (Å²) >= 11 is 0. The Bertz CT molecular complexity index is 346. The highest BCUT2D eigenvalue weighted by Crippen LogP contribution is 2.23. The molecular weight excluding hydrogens is 200 g/mol. The number of anilines is 2. The van der Waals surface area contributed by atoms with Crippen LogP contribution in [0.4, 0.5) is 11.4 Å². The fourth-order valence-corrected chi connectivity index (χ4v) is 2.03. The molecule has 1 saturated heterocycles. The number of aryl methyl sites for hydroxylation is 1. The molecule has 88 valence electrons. The number of rotatable bonds is 3. The zero-order valence-electron chi connectivity index (χ0n) is 9.83. The van der Waals surface area contributed by atoms with Crippen LogP contribution >= 0.6 is 0 Å². The van der Waals surface area contributed by atoms with Crippen LogP contribution in [-0.2, 0) is 11.2 Å². The van der Waals surface area contributed by atoms with Crippen molar-refractivity contribution in [1.29, 1.82) is 0 Å². The van der Waals surface area contributed by atoms with Crippen molar-refractivity contribution in [1.82, 2.24) is 0 Å². The van der Waals surface area contributed by atoms with Gasteiger partial charge in [-0.25, -0.2) is 0 Å². The Balaban J connectivity index is 2.03. The molecule has 0 amide bonds. The van der Waals surface area contributed by atoms with Gasteiger partial charge in [0.2, 0.25) is 0 Å². The van der Waals surface area contributed by atoms with Gasteiger partial charge in [0.1, 0.15) is 0 Å². The molecule has 1 aromatic carbocycles. The smallest absolute Gasteiger partial charge is 0.0576 e. The molecule has 0 radical (unpaired) electrons. The maximum absolute atomic E-state index is 6.02. The van der Waals surface area contributed by atoms with E-state index in [4.69, 9.17) is 10.5 Å². The van der Waals surface area contributed by atoms with E-state index in [-0.39, 0.29) is 0 Å². The molecule has 1 aliphatic heterocycles. The minimum absolute atomic E-state index is 0.503. The third-order valence-electron chi connectivity index (χ3n) is 3.11. The molecule has 1 fully saturated rings. The van der Waals surface area contributed by atoms with Gasteiger partial charge in [-0.15, -0.1) is 0 Å². The maximum Gasteiger partial charge on any atom is 0.0576 e. The predicted octanol–water partition coefficient (Wildman–Crippen LogP) is 2.42. The van der Waals surface area contributed by atoms with E-state index in [2.05, 4.69) is 30.4 Å². The number of nitrogens with two attached hydrogens (primary N) is 1. The van der Waals surface area contributed by atoms with Crippen LogP contribution in [0.25, 0.3) is 0 Å². The maximum atomic E-state index is 6.02. The minimum Gasteiger partial charge on any atom is -0.397 e. The lowest BCUT2D eigenvalue weighted by atomic mass is 10.1. The van der Waals surface area contributed by atoms with Crippen LogP contribution in [0.1, 0.15) is 25.3 Å². The standard InChI is InChI=1S/C13H20N2O/c1-2-10-3-4-13(12(14)9-10)15-11-5-7-16-8-6-11/h3-4,9,11,15H,2,5-8,14H2,1H3. The summed E-state index contributed by atoms with van der Waals surface area (Å²) in [7, 11) is 0. The van der Waals surface area contributed by atoms with Gasteiger partial charge >= 0.3 is 0 Å². The van der Waals surface area contributed by atoms with Crippen molar-refractivity contribution in [2.45, 2.75) is 32.2 Å². The van der Waals surface area contributed by atoms with Crippen LogP contribution in [0.15, 0.2) is 18.2 Å². The summed E-state index contributed by atoms with van der Waals surface area (Å²) in [6.07, 6.45) is 3.16. The van der Waals surface area contributed by atoms with E-state index >= 15 is 0 Å². The molecule has 0 unspecified atom stereocenters. The second kappa shape index (κ2) is 5.21. The number of hydrogen-bond acceptors (Lipinski definition) is 3. The van der Waals surface area contributed by atoms with Crippen LogP contribution in [0.5, 0.6) is 0 Å². The third kappa shape index (κ3) is 2.67. The average molecular weight is 220 g/mol. The van der Waals surface area contributed by atoms with Crippen LogP contribution in [-0.4, -0.2) is 19.3 Å². The molecule has 3 heteroatoms. The molecule has 0 saturated carbocycles. The first-order chi connectivity index (χ1) is 7.79. The highest BCUT2D eigenvalue weighted by Gasteiger charge is 2.14. The quantitative estimate of drug-likeness (QED) is 0.769. The van der Waals surface area contributed by atoms with E-state index in [9.17, 15) is 0 Å². The van der Waals surface area contributed by atoms with E-state index in [1.165, 1.54) is 5.56 Å². The molecule has 3 N–H and O–H groups in total. The first-order valence-electron chi connectivity index (χ1n) is 6.02. The van der Waals surface area contributed by atoms with Crippen molar-refractivity contribution >= 4 is 11.4 Å². The zero-order valence-corrected chi connectivity index (χ0v) is 9.83. The fraction of sp³-hybridized carbons (Fsp3) is 0.538. The van der Waals surface area contributed by atoms with Crippen LogP contribution in [0, 0.1) is 0 Å². The SMILES string of the molecule is CCc1ccc(NC2CCOCC2)c(N)c1. The van der Waals surface area contributed by atoms with E-state index in [1.54, 1.807) is 0 Å². The summed E-state index contributed by atoms with van der Waals surface area (Å²) < 4.78 is 5.33. The summed E-state index contributed by atoms with van der Waals surface area (Å²) in [4.78, 5) is 0. The van der Waals surface area contributed by atoms with Crippen LogP contribution < -0.4 is 11.1 Å². The number of nitrogens with one attached hydrogen (secondary N) is 1. The van der Waals surface area contributed by atoms with E-state index in [0.717, 1.165) is 43.9 Å². The van der Waals surface area contributed by atoms with Gasteiger partial charge in [-0.1, -0.05) is 13.0 Å². The lowest BCUT2D eigenvalue weighted by Crippen LogP contribution is -2.28. The monoisotopic (exact) mass is 220 g/mol. The topological polar surface area (TPSA) is 47.3 Å². The van der Waals surface area contributed by atoms with Crippen molar-refractivity contribution < 1.29 is 4.74 Å². The summed E-state index contributed by atoms with van der Waals surface area (Å²) in [5, 5.41) is 3.50. The van der Waals surface area contributed by atoms with Gasteiger partial charge in [-0.05, 0) is 37.0 Å². The van der Waals surface area contributed by atoms with Gasteiger partial charge in [0.25, 0.3) is 0 Å². The Labute approximate surface area is 97.0 Å². The second-order valence-corrected chi connectivity index (χ2v) is 4.31. The largest absolute Gasteiger partial charge is 0.397 e. The molecule has 3 nitrogen and oxygen atoms in total. The predicted molar refractivity (Wildman–Crippen MR) is 67.7 cm³/mol. The van der Waals surface area contributed by atoms with Crippen LogP contribution in [0.3, 0.4) is 0 Å². The average Bonchev–Trinajstić information content (AvgIpc) is 2.33. The first-order valence-corrected chi connectivity index (χ1v) is 6.02. The Morgan fingerprint density at radius 2 is 2.12 bits per heavy atom. The second-order valence-electron chi connectivity index (χ2n) is 4.31. The molecule has 2 rings (SSSR count). The molecule has 1 aromatic rings. The van der Waals surface area contributed by atoms with Gasteiger partial charge in [0.15, 0.2) is 0 Å². The Hall–Kier alpha value is -1.22. The summed E-state index contributed by atoms with van der Waals surface area (Å²) in [5.74, 6) is 0. The highest BCUT2D eigenvalue weighted by molar-refractivity contribution is 5.67. The zero-order chi connectivity index (χ0) is 11.4. The normalized spacial score (nSPS) is 17.3. The van der Waals surface area contributed by atoms with Gasteiger partial charge in [0, 0.05) is 19.3 Å². The molecule has 0 aromatic heterocycles. The minimum atomic E-state index is 0.503. The molecule has 16 heavy (non-hydrogen) atoms.